The van der Waals surface area contributed by atoms with E-state index in [9.17, 15) is 0 Å². The molecule has 1 aliphatic carbocycles. The zero-order valence-corrected chi connectivity index (χ0v) is 12.8. The normalized spacial score (nSPS) is 14.8. The zero-order valence-electron chi connectivity index (χ0n) is 12.8. The highest BCUT2D eigenvalue weighted by Gasteiger charge is 2.28. The first-order chi connectivity index (χ1) is 9.02. The first-order valence-corrected chi connectivity index (χ1v) is 7.36. The molecular formula is C15H26N4. The van der Waals surface area contributed by atoms with Gasteiger partial charge in [-0.1, -0.05) is 13.8 Å². The maximum atomic E-state index is 4.80. The average Bonchev–Trinajstić information content (AvgIpc) is 3.15. The molecule has 1 N–H and O–H groups in total. The molecule has 0 saturated heterocycles. The first-order valence-electron chi connectivity index (χ1n) is 7.36. The van der Waals surface area contributed by atoms with Gasteiger partial charge in [-0.15, -0.1) is 0 Å². The van der Waals surface area contributed by atoms with Crippen molar-refractivity contribution in [1.29, 1.82) is 0 Å². The third-order valence-corrected chi connectivity index (χ3v) is 3.42. The van der Waals surface area contributed by atoms with Crippen molar-refractivity contribution in [2.24, 2.45) is 5.92 Å². The molecule has 1 aromatic rings. The van der Waals surface area contributed by atoms with Gasteiger partial charge in [0.15, 0.2) is 0 Å². The molecule has 1 aliphatic rings. The summed E-state index contributed by atoms with van der Waals surface area (Å²) in [5.41, 5.74) is 1.16. The van der Waals surface area contributed by atoms with E-state index in [1.165, 1.54) is 12.8 Å². The summed E-state index contributed by atoms with van der Waals surface area (Å²) >= 11 is 0. The van der Waals surface area contributed by atoms with Crippen molar-refractivity contribution < 1.29 is 0 Å². The molecule has 1 aromatic heterocycles. The molecule has 4 heteroatoms. The number of anilines is 2. The zero-order chi connectivity index (χ0) is 14.0. The minimum absolute atomic E-state index is 0.587. The molecule has 1 saturated carbocycles. The second-order valence-corrected chi connectivity index (χ2v) is 5.96. The summed E-state index contributed by atoms with van der Waals surface area (Å²) in [6.07, 6.45) is 2.48. The second-order valence-electron chi connectivity index (χ2n) is 5.96. The number of nitrogens with zero attached hydrogens (tertiary/aromatic N) is 3. The van der Waals surface area contributed by atoms with Crippen LogP contribution in [0.15, 0.2) is 0 Å². The largest absolute Gasteiger partial charge is 0.370 e. The van der Waals surface area contributed by atoms with Crippen molar-refractivity contribution >= 4 is 11.6 Å². The van der Waals surface area contributed by atoms with Gasteiger partial charge in [0, 0.05) is 31.6 Å². The Hall–Kier alpha value is -1.32. The lowest BCUT2D eigenvalue weighted by Gasteiger charge is -2.24. The van der Waals surface area contributed by atoms with E-state index >= 15 is 0 Å². The van der Waals surface area contributed by atoms with E-state index in [2.05, 4.69) is 45.0 Å². The van der Waals surface area contributed by atoms with Crippen LogP contribution in [0, 0.1) is 12.8 Å². The van der Waals surface area contributed by atoms with Gasteiger partial charge in [0.25, 0.3) is 0 Å². The van der Waals surface area contributed by atoms with E-state index in [1.807, 2.05) is 0 Å². The Morgan fingerprint density at radius 3 is 2.53 bits per heavy atom. The van der Waals surface area contributed by atoms with E-state index in [1.54, 1.807) is 0 Å². The lowest BCUT2D eigenvalue weighted by atomic mass is 10.2. The monoisotopic (exact) mass is 262 g/mol. The lowest BCUT2D eigenvalue weighted by molar-refractivity contribution is 0.632. The van der Waals surface area contributed by atoms with E-state index in [4.69, 9.17) is 9.97 Å². The van der Waals surface area contributed by atoms with Gasteiger partial charge in [-0.05, 0) is 32.6 Å². The Balaban J connectivity index is 2.33. The molecule has 19 heavy (non-hydrogen) atoms. The predicted molar refractivity (Wildman–Crippen MR) is 81.0 cm³/mol. The minimum atomic E-state index is 0.587. The second kappa shape index (κ2) is 5.76. The van der Waals surface area contributed by atoms with Gasteiger partial charge in [-0.3, -0.25) is 0 Å². The Kier molecular flexibility index (Phi) is 4.27. The van der Waals surface area contributed by atoms with Crippen LogP contribution in [-0.4, -0.2) is 30.1 Å². The Morgan fingerprint density at radius 1 is 1.32 bits per heavy atom. The highest BCUT2D eigenvalue weighted by atomic mass is 15.2. The fraction of sp³-hybridized carbons (Fsp3) is 0.733. The van der Waals surface area contributed by atoms with Crippen LogP contribution < -0.4 is 10.2 Å². The molecule has 0 spiro atoms. The number of nitrogens with one attached hydrogen (secondary N) is 1. The van der Waals surface area contributed by atoms with Crippen LogP contribution in [0.25, 0.3) is 0 Å². The molecule has 0 unspecified atom stereocenters. The van der Waals surface area contributed by atoms with Crippen LogP contribution in [0.2, 0.25) is 0 Å². The molecule has 106 valence electrons. The minimum Gasteiger partial charge on any atom is -0.370 e. The number of hydrogen-bond donors (Lipinski definition) is 1. The topological polar surface area (TPSA) is 41.1 Å². The van der Waals surface area contributed by atoms with Gasteiger partial charge in [0.2, 0.25) is 0 Å². The van der Waals surface area contributed by atoms with Gasteiger partial charge in [0.05, 0.1) is 0 Å². The maximum Gasteiger partial charge on any atom is 0.137 e. The van der Waals surface area contributed by atoms with Crippen molar-refractivity contribution in [3.8, 4) is 0 Å². The molecule has 0 amide bonds. The number of rotatable bonds is 6. The third kappa shape index (κ3) is 3.37. The van der Waals surface area contributed by atoms with Crippen molar-refractivity contribution in [1.82, 2.24) is 9.97 Å². The SMILES string of the molecule is CCNc1nc(C2CC2)nc(N(C)CC(C)C)c1C. The molecule has 1 fully saturated rings. The highest BCUT2D eigenvalue weighted by Crippen LogP contribution is 2.40. The molecule has 0 aliphatic heterocycles. The lowest BCUT2D eigenvalue weighted by Crippen LogP contribution is -2.25. The van der Waals surface area contributed by atoms with Gasteiger partial charge in [-0.25, -0.2) is 9.97 Å². The standard InChI is InChI=1S/C15H26N4/c1-6-16-13-11(4)15(19(5)9-10(2)3)18-14(17-13)12-7-8-12/h10,12H,6-9H2,1-5H3,(H,16,17,18). The van der Waals surface area contributed by atoms with Crippen LogP contribution in [0.5, 0.6) is 0 Å². The summed E-state index contributed by atoms with van der Waals surface area (Å²) in [6, 6.07) is 0. The highest BCUT2D eigenvalue weighted by molar-refractivity contribution is 5.58. The Labute approximate surface area is 116 Å². The van der Waals surface area contributed by atoms with Crippen molar-refractivity contribution in [2.75, 3.05) is 30.4 Å². The van der Waals surface area contributed by atoms with Crippen molar-refractivity contribution in [3.63, 3.8) is 0 Å². The van der Waals surface area contributed by atoms with Crippen molar-refractivity contribution in [2.45, 2.75) is 46.5 Å². The van der Waals surface area contributed by atoms with E-state index in [-0.39, 0.29) is 0 Å². The summed E-state index contributed by atoms with van der Waals surface area (Å²) in [5.74, 6) is 4.33. The summed E-state index contributed by atoms with van der Waals surface area (Å²) in [6.45, 7) is 10.6. The Morgan fingerprint density at radius 2 is 2.00 bits per heavy atom. The number of aromatic nitrogens is 2. The molecular weight excluding hydrogens is 236 g/mol. The smallest absolute Gasteiger partial charge is 0.137 e. The van der Waals surface area contributed by atoms with Crippen LogP contribution in [0.3, 0.4) is 0 Å². The quantitative estimate of drug-likeness (QED) is 0.855. The van der Waals surface area contributed by atoms with Crippen LogP contribution >= 0.6 is 0 Å². The maximum absolute atomic E-state index is 4.80. The molecule has 1 heterocycles. The molecule has 0 atom stereocenters. The van der Waals surface area contributed by atoms with E-state index in [0.717, 1.165) is 36.1 Å². The van der Waals surface area contributed by atoms with Crippen LogP contribution in [0.4, 0.5) is 11.6 Å². The molecule has 2 rings (SSSR count). The predicted octanol–water partition coefficient (Wildman–Crippen LogP) is 3.19. The van der Waals surface area contributed by atoms with Gasteiger partial charge >= 0.3 is 0 Å². The average molecular weight is 262 g/mol. The van der Waals surface area contributed by atoms with E-state index < -0.39 is 0 Å². The summed E-state index contributed by atoms with van der Waals surface area (Å²) < 4.78 is 0. The van der Waals surface area contributed by atoms with Crippen LogP contribution in [-0.2, 0) is 0 Å². The fourth-order valence-electron chi connectivity index (χ4n) is 2.39. The van der Waals surface area contributed by atoms with Crippen LogP contribution in [0.1, 0.15) is 50.9 Å². The molecule has 4 nitrogen and oxygen atoms in total. The Bertz CT molecular complexity index is 438. The van der Waals surface area contributed by atoms with Gasteiger partial charge in [-0.2, -0.15) is 0 Å². The molecule has 0 radical (unpaired) electrons. The van der Waals surface area contributed by atoms with Gasteiger partial charge < -0.3 is 10.2 Å². The summed E-state index contributed by atoms with van der Waals surface area (Å²) in [7, 11) is 2.13. The summed E-state index contributed by atoms with van der Waals surface area (Å²) in [5, 5.41) is 3.37. The van der Waals surface area contributed by atoms with E-state index in [0.29, 0.717) is 11.8 Å². The summed E-state index contributed by atoms with van der Waals surface area (Å²) in [4.78, 5) is 11.8. The number of hydrogen-bond acceptors (Lipinski definition) is 4. The molecule has 0 bridgehead atoms. The fourth-order valence-corrected chi connectivity index (χ4v) is 2.39. The third-order valence-electron chi connectivity index (χ3n) is 3.42. The first kappa shape index (κ1) is 14.1. The van der Waals surface area contributed by atoms with Gasteiger partial charge in [0.1, 0.15) is 17.5 Å². The molecule has 0 aromatic carbocycles. The van der Waals surface area contributed by atoms with Crippen molar-refractivity contribution in [3.05, 3.63) is 11.4 Å².